The van der Waals surface area contributed by atoms with Gasteiger partial charge in [-0.05, 0) is 30.3 Å². The molecule has 0 aliphatic heterocycles. The van der Waals surface area contributed by atoms with Crippen LogP contribution in [0.15, 0.2) is 39.9 Å². The summed E-state index contributed by atoms with van der Waals surface area (Å²) in [4.78, 5) is 0. The van der Waals surface area contributed by atoms with Crippen molar-refractivity contribution in [2.24, 2.45) is 5.10 Å². The zero-order valence-corrected chi connectivity index (χ0v) is 14.5. The summed E-state index contributed by atoms with van der Waals surface area (Å²) in [6, 6.07) is 9.06. The molecule has 0 atom stereocenters. The third-order valence-corrected chi connectivity index (χ3v) is 3.80. The molecule has 3 rings (SSSR count). The number of aryl methyl sites for hydroxylation is 1. The number of benzene rings is 1. The minimum Gasteiger partial charge on any atom is -0.495 e. The molecule has 25 heavy (non-hydrogen) atoms. The third kappa shape index (κ3) is 3.58. The number of hydrazone groups is 1. The first kappa shape index (κ1) is 16.8. The van der Waals surface area contributed by atoms with Gasteiger partial charge in [0.25, 0.3) is 5.95 Å². The van der Waals surface area contributed by atoms with Gasteiger partial charge in [0.1, 0.15) is 17.3 Å². The number of hydrogen-bond donors (Lipinski definition) is 2. The molecular formula is C16H17ClN6O2. The molecule has 0 aliphatic carbocycles. The topological polar surface area (TPSA) is 103 Å². The van der Waals surface area contributed by atoms with E-state index in [1.165, 1.54) is 10.9 Å². The van der Waals surface area contributed by atoms with Crippen molar-refractivity contribution in [3.05, 3.63) is 46.9 Å². The normalized spacial score (nSPS) is 11.2. The Hall–Kier alpha value is -3.00. The Kier molecular flexibility index (Phi) is 4.90. The lowest BCUT2D eigenvalue weighted by Gasteiger charge is -2.04. The molecular weight excluding hydrogens is 344 g/mol. The second-order valence-electron chi connectivity index (χ2n) is 5.08. The maximum Gasteiger partial charge on any atom is 0.263 e. The monoisotopic (exact) mass is 360 g/mol. The van der Waals surface area contributed by atoms with Crippen LogP contribution in [0.2, 0.25) is 5.02 Å². The number of rotatable bonds is 6. The van der Waals surface area contributed by atoms with Crippen molar-refractivity contribution < 1.29 is 9.15 Å². The standard InChI is InChI=1S/C16H17ClN6O2/c1-3-15-20-22-16(23(15)18)21-19-9-11-5-7-13(25-11)10-4-6-14(24-2)12(17)8-10/h4-9H,3,18H2,1-2H3,(H,21,22)/b19-9+. The van der Waals surface area contributed by atoms with Gasteiger partial charge in [-0.1, -0.05) is 18.5 Å². The Morgan fingerprint density at radius 3 is 2.88 bits per heavy atom. The van der Waals surface area contributed by atoms with Gasteiger partial charge in [0.05, 0.1) is 18.3 Å². The second kappa shape index (κ2) is 7.27. The SMILES string of the molecule is CCc1nnc(N/N=C/c2ccc(-c3ccc(OC)c(Cl)c3)o2)n1N. The van der Waals surface area contributed by atoms with Crippen molar-refractivity contribution in [1.29, 1.82) is 0 Å². The van der Waals surface area contributed by atoms with Gasteiger partial charge in [-0.15, -0.1) is 10.2 Å². The van der Waals surface area contributed by atoms with Crippen molar-refractivity contribution in [2.45, 2.75) is 13.3 Å². The van der Waals surface area contributed by atoms with E-state index in [1.807, 2.05) is 19.1 Å². The average molecular weight is 361 g/mol. The Labute approximate surface area is 149 Å². The van der Waals surface area contributed by atoms with Gasteiger partial charge in [0.2, 0.25) is 0 Å². The van der Waals surface area contributed by atoms with E-state index < -0.39 is 0 Å². The van der Waals surface area contributed by atoms with Crippen LogP contribution in [0.25, 0.3) is 11.3 Å². The van der Waals surface area contributed by atoms with E-state index >= 15 is 0 Å². The Bertz CT molecular complexity index is 902. The van der Waals surface area contributed by atoms with Crippen LogP contribution in [-0.4, -0.2) is 28.2 Å². The molecule has 0 unspecified atom stereocenters. The summed E-state index contributed by atoms with van der Waals surface area (Å²) in [7, 11) is 1.57. The molecule has 0 radical (unpaired) electrons. The largest absolute Gasteiger partial charge is 0.495 e. The fourth-order valence-electron chi connectivity index (χ4n) is 2.19. The van der Waals surface area contributed by atoms with Gasteiger partial charge in [0.15, 0.2) is 5.82 Å². The summed E-state index contributed by atoms with van der Waals surface area (Å²) >= 11 is 6.14. The van der Waals surface area contributed by atoms with Crippen molar-refractivity contribution in [3.63, 3.8) is 0 Å². The first-order valence-electron chi connectivity index (χ1n) is 7.54. The van der Waals surface area contributed by atoms with Crippen molar-refractivity contribution in [3.8, 4) is 17.1 Å². The summed E-state index contributed by atoms with van der Waals surface area (Å²) < 4.78 is 12.2. The third-order valence-electron chi connectivity index (χ3n) is 3.50. The Morgan fingerprint density at radius 1 is 1.36 bits per heavy atom. The minimum atomic E-state index is 0.349. The highest BCUT2D eigenvalue weighted by atomic mass is 35.5. The molecule has 130 valence electrons. The molecule has 9 heteroatoms. The zero-order valence-electron chi connectivity index (χ0n) is 13.7. The number of furan rings is 1. The number of aromatic nitrogens is 3. The molecule has 0 aliphatic rings. The lowest BCUT2D eigenvalue weighted by Crippen LogP contribution is -2.14. The van der Waals surface area contributed by atoms with Crippen LogP contribution in [0.1, 0.15) is 18.5 Å². The fraction of sp³-hybridized carbons (Fsp3) is 0.188. The molecule has 0 fully saturated rings. The van der Waals surface area contributed by atoms with Crippen LogP contribution < -0.4 is 16.0 Å². The maximum absolute atomic E-state index is 6.14. The van der Waals surface area contributed by atoms with Crippen LogP contribution in [-0.2, 0) is 6.42 Å². The second-order valence-corrected chi connectivity index (χ2v) is 5.49. The number of halogens is 1. The quantitative estimate of drug-likeness (QED) is 0.398. The van der Waals surface area contributed by atoms with Crippen molar-refractivity contribution in [1.82, 2.24) is 14.9 Å². The van der Waals surface area contributed by atoms with E-state index in [4.69, 9.17) is 26.6 Å². The lowest BCUT2D eigenvalue weighted by atomic mass is 10.2. The lowest BCUT2D eigenvalue weighted by molar-refractivity contribution is 0.415. The number of anilines is 1. The highest BCUT2D eigenvalue weighted by Gasteiger charge is 2.08. The summed E-state index contributed by atoms with van der Waals surface area (Å²) in [5, 5.41) is 12.4. The van der Waals surface area contributed by atoms with Gasteiger partial charge >= 0.3 is 0 Å². The zero-order chi connectivity index (χ0) is 17.8. The summed E-state index contributed by atoms with van der Waals surface area (Å²) in [6.07, 6.45) is 2.20. The number of nitrogens with one attached hydrogen (secondary N) is 1. The molecule has 2 aromatic heterocycles. The van der Waals surface area contributed by atoms with Gasteiger partial charge in [-0.25, -0.2) is 10.1 Å². The highest BCUT2D eigenvalue weighted by molar-refractivity contribution is 6.32. The van der Waals surface area contributed by atoms with Crippen LogP contribution in [0.5, 0.6) is 5.75 Å². The average Bonchev–Trinajstić information content (AvgIpc) is 3.22. The minimum absolute atomic E-state index is 0.349. The van der Waals surface area contributed by atoms with Crippen molar-refractivity contribution in [2.75, 3.05) is 18.4 Å². The number of methoxy groups -OCH3 is 1. The predicted octanol–water partition coefficient (Wildman–Crippen LogP) is 2.92. The molecule has 0 amide bonds. The summed E-state index contributed by atoms with van der Waals surface area (Å²) in [5.41, 5.74) is 3.57. The van der Waals surface area contributed by atoms with E-state index in [9.17, 15) is 0 Å². The predicted molar refractivity (Wildman–Crippen MR) is 96.5 cm³/mol. The van der Waals surface area contributed by atoms with Crippen LogP contribution >= 0.6 is 11.6 Å². The van der Waals surface area contributed by atoms with E-state index in [1.54, 1.807) is 25.3 Å². The number of ether oxygens (including phenoxy) is 1. The van der Waals surface area contributed by atoms with E-state index in [-0.39, 0.29) is 0 Å². The molecule has 8 nitrogen and oxygen atoms in total. The molecule has 0 saturated heterocycles. The Balaban J connectivity index is 1.71. The highest BCUT2D eigenvalue weighted by Crippen LogP contribution is 2.30. The first-order chi connectivity index (χ1) is 12.1. The molecule has 0 bridgehead atoms. The van der Waals surface area contributed by atoms with Gasteiger partial charge in [-0.3, -0.25) is 0 Å². The molecule has 0 spiro atoms. The Morgan fingerprint density at radius 2 is 2.20 bits per heavy atom. The van der Waals surface area contributed by atoms with Gasteiger partial charge < -0.3 is 15.0 Å². The smallest absolute Gasteiger partial charge is 0.263 e. The number of nitrogens with two attached hydrogens (primary N) is 1. The fourth-order valence-corrected chi connectivity index (χ4v) is 2.45. The molecule has 0 saturated carbocycles. The molecule has 1 aromatic carbocycles. The molecule has 3 N–H and O–H groups in total. The number of nitrogen functional groups attached to an aromatic ring is 1. The van der Waals surface area contributed by atoms with Gasteiger partial charge in [-0.2, -0.15) is 5.10 Å². The summed E-state index contributed by atoms with van der Waals surface area (Å²) in [5.74, 6) is 8.67. The van der Waals surface area contributed by atoms with Crippen LogP contribution in [0, 0.1) is 0 Å². The van der Waals surface area contributed by atoms with Crippen LogP contribution in [0.3, 0.4) is 0 Å². The molecule has 2 heterocycles. The number of hydrogen-bond acceptors (Lipinski definition) is 7. The number of nitrogens with zero attached hydrogens (tertiary/aromatic N) is 4. The first-order valence-corrected chi connectivity index (χ1v) is 7.92. The van der Waals surface area contributed by atoms with Crippen LogP contribution in [0.4, 0.5) is 5.95 Å². The van der Waals surface area contributed by atoms with Gasteiger partial charge in [0, 0.05) is 12.0 Å². The van der Waals surface area contributed by atoms with E-state index in [0.29, 0.717) is 40.5 Å². The molecule has 3 aromatic rings. The maximum atomic E-state index is 6.14. The summed E-state index contributed by atoms with van der Waals surface area (Å²) in [6.45, 7) is 1.94. The van der Waals surface area contributed by atoms with E-state index in [2.05, 4.69) is 20.7 Å². The van der Waals surface area contributed by atoms with Crippen molar-refractivity contribution >= 4 is 23.8 Å². The van der Waals surface area contributed by atoms with E-state index in [0.717, 1.165) is 5.56 Å².